The predicted molar refractivity (Wildman–Crippen MR) is 68.9 cm³/mol. The van der Waals surface area contributed by atoms with Crippen LogP contribution in [0.25, 0.3) is 0 Å². The summed E-state index contributed by atoms with van der Waals surface area (Å²) in [5.41, 5.74) is 0. The van der Waals surface area contributed by atoms with Gasteiger partial charge in [0.2, 0.25) is 5.91 Å². The monoisotopic (exact) mass is 239 g/mol. The maximum Gasteiger partial charge on any atom is 0.234 e. The molecule has 0 aliphatic carbocycles. The van der Waals surface area contributed by atoms with Crippen molar-refractivity contribution in [2.75, 3.05) is 20.1 Å². The van der Waals surface area contributed by atoms with Gasteiger partial charge in [-0.25, -0.2) is 0 Å². The number of carbonyl (C=O) groups is 1. The minimum absolute atomic E-state index is 0.187. The molecule has 2 aliphatic heterocycles. The summed E-state index contributed by atoms with van der Waals surface area (Å²) in [5.74, 6) is 0.187. The molecule has 0 aromatic heterocycles. The van der Waals surface area contributed by atoms with E-state index in [0.29, 0.717) is 24.7 Å². The van der Waals surface area contributed by atoms with Crippen LogP contribution in [0.2, 0.25) is 0 Å². The summed E-state index contributed by atoms with van der Waals surface area (Å²) in [6.07, 6.45) is 6.25. The molecule has 2 rings (SSSR count). The summed E-state index contributed by atoms with van der Waals surface area (Å²) in [6.45, 7) is 3.31. The molecular formula is C13H25N3O. The van der Waals surface area contributed by atoms with E-state index in [9.17, 15) is 4.79 Å². The Morgan fingerprint density at radius 2 is 1.94 bits per heavy atom. The van der Waals surface area contributed by atoms with Crippen molar-refractivity contribution in [1.29, 1.82) is 0 Å². The van der Waals surface area contributed by atoms with Crippen molar-refractivity contribution in [2.45, 2.75) is 57.2 Å². The fourth-order valence-electron chi connectivity index (χ4n) is 3.39. The molecule has 0 unspecified atom stereocenters. The van der Waals surface area contributed by atoms with Crippen LogP contribution in [0.5, 0.6) is 0 Å². The fourth-order valence-corrected chi connectivity index (χ4v) is 3.39. The van der Waals surface area contributed by atoms with Crippen molar-refractivity contribution in [3.05, 3.63) is 0 Å². The minimum Gasteiger partial charge on any atom is -0.355 e. The number of likely N-dealkylation sites (N-methyl/N-ethyl adjacent to an activating group) is 1. The van der Waals surface area contributed by atoms with Crippen LogP contribution in [0.4, 0.5) is 0 Å². The summed E-state index contributed by atoms with van der Waals surface area (Å²) in [4.78, 5) is 14.2. The Morgan fingerprint density at radius 1 is 1.29 bits per heavy atom. The number of amides is 1. The van der Waals surface area contributed by atoms with E-state index < -0.39 is 0 Å². The number of nitrogens with zero attached hydrogens (tertiary/aromatic N) is 1. The third kappa shape index (κ3) is 2.99. The zero-order chi connectivity index (χ0) is 12.3. The Bertz CT molecular complexity index is 255. The highest BCUT2D eigenvalue weighted by Gasteiger charge is 2.38. The van der Waals surface area contributed by atoms with Crippen LogP contribution in [0.15, 0.2) is 0 Å². The Labute approximate surface area is 104 Å². The third-order valence-electron chi connectivity index (χ3n) is 4.23. The van der Waals surface area contributed by atoms with Crippen LogP contribution in [-0.2, 0) is 4.79 Å². The third-order valence-corrected chi connectivity index (χ3v) is 4.23. The van der Waals surface area contributed by atoms with Crippen molar-refractivity contribution in [1.82, 2.24) is 15.5 Å². The Morgan fingerprint density at radius 3 is 2.47 bits per heavy atom. The Hall–Kier alpha value is -0.610. The zero-order valence-electron chi connectivity index (χ0n) is 11.0. The molecule has 0 spiro atoms. The van der Waals surface area contributed by atoms with E-state index in [1.807, 2.05) is 6.92 Å². The van der Waals surface area contributed by atoms with Gasteiger partial charge in [-0.2, -0.15) is 0 Å². The van der Waals surface area contributed by atoms with Crippen LogP contribution >= 0.6 is 0 Å². The van der Waals surface area contributed by atoms with Gasteiger partial charge < -0.3 is 10.6 Å². The fraction of sp³-hybridized carbons (Fsp3) is 0.923. The molecule has 0 saturated carbocycles. The van der Waals surface area contributed by atoms with Gasteiger partial charge in [0.15, 0.2) is 0 Å². The molecule has 17 heavy (non-hydrogen) atoms. The van der Waals surface area contributed by atoms with Crippen LogP contribution in [0.3, 0.4) is 0 Å². The highest BCUT2D eigenvalue weighted by atomic mass is 16.2. The van der Waals surface area contributed by atoms with Crippen LogP contribution in [0, 0.1) is 0 Å². The van der Waals surface area contributed by atoms with Gasteiger partial charge in [0.25, 0.3) is 0 Å². The normalized spacial score (nSPS) is 33.4. The van der Waals surface area contributed by atoms with E-state index in [0.717, 1.165) is 6.54 Å². The van der Waals surface area contributed by atoms with E-state index in [4.69, 9.17) is 0 Å². The first-order valence-electron chi connectivity index (χ1n) is 6.94. The first-order chi connectivity index (χ1) is 8.24. The molecule has 0 aromatic rings. The van der Waals surface area contributed by atoms with Gasteiger partial charge in [-0.05, 0) is 39.7 Å². The molecule has 0 radical (unpaired) electrons. The maximum atomic E-state index is 11.7. The van der Waals surface area contributed by atoms with Gasteiger partial charge in [0.1, 0.15) is 0 Å². The second kappa shape index (κ2) is 5.83. The maximum absolute atomic E-state index is 11.7. The molecule has 0 aromatic carbocycles. The molecule has 2 fully saturated rings. The smallest absolute Gasteiger partial charge is 0.234 e. The quantitative estimate of drug-likeness (QED) is 0.760. The summed E-state index contributed by atoms with van der Waals surface area (Å²) in [7, 11) is 2.06. The van der Waals surface area contributed by atoms with Crippen molar-refractivity contribution in [3.63, 3.8) is 0 Å². The first-order valence-corrected chi connectivity index (χ1v) is 6.94. The highest BCUT2D eigenvalue weighted by molar-refractivity contribution is 5.78. The SMILES string of the molecule is CCNC(=O)CN1[C@@H]2CCC[C@H]1C[C@@H](NC)C2. The van der Waals surface area contributed by atoms with Gasteiger partial charge in [0.05, 0.1) is 6.54 Å². The van der Waals surface area contributed by atoms with E-state index in [1.165, 1.54) is 32.1 Å². The lowest BCUT2D eigenvalue weighted by Gasteiger charge is -2.48. The van der Waals surface area contributed by atoms with Crippen molar-refractivity contribution in [2.24, 2.45) is 0 Å². The van der Waals surface area contributed by atoms with Crippen molar-refractivity contribution >= 4 is 5.91 Å². The molecule has 2 N–H and O–H groups in total. The molecule has 4 heteroatoms. The lowest BCUT2D eigenvalue weighted by atomic mass is 9.82. The standard InChI is InChI=1S/C13H25N3O/c1-3-15-13(17)9-16-11-5-4-6-12(16)8-10(7-11)14-2/h10-12,14H,3-9H2,1-2H3,(H,15,17)/t10-,11+,12-. The van der Waals surface area contributed by atoms with Gasteiger partial charge in [0, 0.05) is 24.7 Å². The minimum atomic E-state index is 0.187. The summed E-state index contributed by atoms with van der Waals surface area (Å²) < 4.78 is 0. The zero-order valence-corrected chi connectivity index (χ0v) is 11.0. The Balaban J connectivity index is 1.95. The molecule has 2 aliphatic rings. The van der Waals surface area contributed by atoms with Crippen LogP contribution in [0.1, 0.15) is 39.0 Å². The number of nitrogens with one attached hydrogen (secondary N) is 2. The Kier molecular flexibility index (Phi) is 4.40. The highest BCUT2D eigenvalue weighted by Crippen LogP contribution is 2.33. The summed E-state index contributed by atoms with van der Waals surface area (Å²) >= 11 is 0. The largest absolute Gasteiger partial charge is 0.355 e. The van der Waals surface area contributed by atoms with Crippen LogP contribution < -0.4 is 10.6 Å². The molecule has 98 valence electrons. The topological polar surface area (TPSA) is 44.4 Å². The van der Waals surface area contributed by atoms with Crippen molar-refractivity contribution in [3.8, 4) is 0 Å². The van der Waals surface area contributed by atoms with Gasteiger partial charge in [-0.1, -0.05) is 6.42 Å². The second-order valence-electron chi connectivity index (χ2n) is 5.32. The average Bonchev–Trinajstić information content (AvgIpc) is 2.28. The molecule has 2 bridgehead atoms. The van der Waals surface area contributed by atoms with Crippen LogP contribution in [-0.4, -0.2) is 49.1 Å². The number of fused-ring (bicyclic) bond motifs is 2. The first kappa shape index (κ1) is 12.8. The molecule has 2 heterocycles. The molecule has 1 amide bonds. The van der Waals surface area contributed by atoms with Gasteiger partial charge in [-0.3, -0.25) is 9.69 Å². The summed E-state index contributed by atoms with van der Waals surface area (Å²) in [5, 5.41) is 6.32. The molecular weight excluding hydrogens is 214 g/mol. The molecule has 3 atom stereocenters. The number of rotatable bonds is 4. The number of hydrogen-bond acceptors (Lipinski definition) is 3. The van der Waals surface area contributed by atoms with E-state index in [2.05, 4.69) is 22.6 Å². The average molecular weight is 239 g/mol. The van der Waals surface area contributed by atoms with Gasteiger partial charge in [-0.15, -0.1) is 0 Å². The second-order valence-corrected chi connectivity index (χ2v) is 5.32. The van der Waals surface area contributed by atoms with E-state index in [1.54, 1.807) is 0 Å². The number of hydrogen-bond donors (Lipinski definition) is 2. The van der Waals surface area contributed by atoms with E-state index >= 15 is 0 Å². The van der Waals surface area contributed by atoms with Gasteiger partial charge >= 0.3 is 0 Å². The van der Waals surface area contributed by atoms with E-state index in [-0.39, 0.29) is 5.91 Å². The summed E-state index contributed by atoms with van der Waals surface area (Å²) in [6, 6.07) is 1.88. The molecule has 4 nitrogen and oxygen atoms in total. The number of piperidine rings is 2. The lowest BCUT2D eigenvalue weighted by Crippen LogP contribution is -2.58. The number of carbonyl (C=O) groups excluding carboxylic acids is 1. The predicted octanol–water partition coefficient (Wildman–Crippen LogP) is 0.727. The van der Waals surface area contributed by atoms with Crippen molar-refractivity contribution < 1.29 is 4.79 Å². The lowest BCUT2D eigenvalue weighted by molar-refractivity contribution is -0.125. The molecule has 2 saturated heterocycles.